The zero-order valence-electron chi connectivity index (χ0n) is 9.47. The normalized spacial score (nSPS) is 27.6. The fourth-order valence-corrected chi connectivity index (χ4v) is 4.21. The molecule has 0 bridgehead atoms. The molecule has 2 nitrogen and oxygen atoms in total. The molecule has 88 valence electrons. The topological polar surface area (TPSA) is 43.1 Å². The lowest BCUT2D eigenvalue weighted by Gasteiger charge is -2.29. The number of nitrogens with two attached hydrogens (primary N) is 1. The summed E-state index contributed by atoms with van der Waals surface area (Å²) in [6, 6.07) is 9.78. The van der Waals surface area contributed by atoms with Crippen molar-refractivity contribution in [3.8, 4) is 0 Å². The van der Waals surface area contributed by atoms with Gasteiger partial charge in [-0.2, -0.15) is 0 Å². The second kappa shape index (κ2) is 5.60. The third-order valence-corrected chi connectivity index (χ3v) is 5.30. The molecule has 0 radical (unpaired) electrons. The van der Waals surface area contributed by atoms with Gasteiger partial charge in [0, 0.05) is 10.1 Å². The van der Waals surface area contributed by atoms with Crippen molar-refractivity contribution >= 4 is 10.8 Å². The van der Waals surface area contributed by atoms with Gasteiger partial charge in [-0.1, -0.05) is 31.0 Å². The molecule has 0 aliphatic heterocycles. The summed E-state index contributed by atoms with van der Waals surface area (Å²) >= 11 is 0. The van der Waals surface area contributed by atoms with Crippen LogP contribution in [-0.4, -0.2) is 16.0 Å². The van der Waals surface area contributed by atoms with Crippen LogP contribution >= 0.6 is 0 Å². The third-order valence-electron chi connectivity index (χ3n) is 3.39. The number of rotatable bonds is 3. The summed E-state index contributed by atoms with van der Waals surface area (Å²) in [5.41, 5.74) is 5.78. The van der Waals surface area contributed by atoms with E-state index in [2.05, 4.69) is 0 Å². The van der Waals surface area contributed by atoms with E-state index >= 15 is 0 Å². The minimum absolute atomic E-state index is 0.265. The summed E-state index contributed by atoms with van der Waals surface area (Å²) in [5.74, 6) is 0.440. The standard InChI is InChI=1S/C13H19NOS/c14-10-11-6-4-5-9-13(11)16(15)12-7-2-1-3-8-12/h1-3,7-8,11,13H,4-6,9-10,14H2. The van der Waals surface area contributed by atoms with Crippen molar-refractivity contribution in [3.63, 3.8) is 0 Å². The Labute approximate surface area is 99.7 Å². The average molecular weight is 237 g/mol. The monoisotopic (exact) mass is 237 g/mol. The van der Waals surface area contributed by atoms with E-state index in [9.17, 15) is 4.21 Å². The van der Waals surface area contributed by atoms with Gasteiger partial charge >= 0.3 is 0 Å². The highest BCUT2D eigenvalue weighted by atomic mass is 32.2. The first kappa shape index (κ1) is 11.8. The number of hydrogen-bond donors (Lipinski definition) is 1. The summed E-state index contributed by atoms with van der Waals surface area (Å²) in [4.78, 5) is 0.952. The van der Waals surface area contributed by atoms with Crippen molar-refractivity contribution in [1.29, 1.82) is 0 Å². The van der Waals surface area contributed by atoms with E-state index in [1.54, 1.807) is 0 Å². The van der Waals surface area contributed by atoms with Crippen LogP contribution in [0.4, 0.5) is 0 Å². The molecule has 0 amide bonds. The molecule has 1 aromatic carbocycles. The van der Waals surface area contributed by atoms with Crippen molar-refractivity contribution in [2.24, 2.45) is 11.7 Å². The Bertz CT molecular complexity index is 352. The smallest absolute Gasteiger partial charge is 0.0564 e. The number of hydrogen-bond acceptors (Lipinski definition) is 2. The van der Waals surface area contributed by atoms with Crippen molar-refractivity contribution < 1.29 is 4.21 Å². The van der Waals surface area contributed by atoms with Crippen LogP contribution in [0.25, 0.3) is 0 Å². The molecule has 2 N–H and O–H groups in total. The Morgan fingerprint density at radius 3 is 2.56 bits per heavy atom. The Morgan fingerprint density at radius 2 is 1.88 bits per heavy atom. The minimum atomic E-state index is -0.880. The van der Waals surface area contributed by atoms with Crippen LogP contribution in [0.1, 0.15) is 25.7 Å². The molecule has 3 unspecified atom stereocenters. The van der Waals surface area contributed by atoms with Crippen LogP contribution in [0.3, 0.4) is 0 Å². The Kier molecular flexibility index (Phi) is 4.13. The molecular weight excluding hydrogens is 218 g/mol. The molecule has 2 rings (SSSR count). The maximum absolute atomic E-state index is 12.4. The van der Waals surface area contributed by atoms with Gasteiger partial charge in [-0.25, -0.2) is 0 Å². The van der Waals surface area contributed by atoms with Crippen LogP contribution < -0.4 is 5.73 Å². The van der Waals surface area contributed by atoms with E-state index in [0.717, 1.165) is 17.7 Å². The molecule has 3 atom stereocenters. The highest BCUT2D eigenvalue weighted by Crippen LogP contribution is 2.30. The van der Waals surface area contributed by atoms with E-state index in [0.29, 0.717) is 12.5 Å². The molecule has 1 aliphatic carbocycles. The largest absolute Gasteiger partial charge is 0.330 e. The van der Waals surface area contributed by atoms with Gasteiger partial charge in [-0.3, -0.25) is 4.21 Å². The quantitative estimate of drug-likeness (QED) is 0.876. The molecule has 3 heteroatoms. The Hall–Kier alpha value is -0.670. The minimum Gasteiger partial charge on any atom is -0.330 e. The van der Waals surface area contributed by atoms with Gasteiger partial charge in [0.2, 0.25) is 0 Å². The first-order chi connectivity index (χ1) is 7.83. The van der Waals surface area contributed by atoms with Crippen LogP contribution in [-0.2, 0) is 10.8 Å². The fraction of sp³-hybridized carbons (Fsp3) is 0.538. The maximum Gasteiger partial charge on any atom is 0.0564 e. The van der Waals surface area contributed by atoms with E-state index in [4.69, 9.17) is 5.73 Å². The van der Waals surface area contributed by atoms with Crippen molar-refractivity contribution in [2.45, 2.75) is 35.8 Å². The van der Waals surface area contributed by atoms with Gasteiger partial charge < -0.3 is 5.73 Å². The van der Waals surface area contributed by atoms with Crippen LogP contribution in [0.2, 0.25) is 0 Å². The van der Waals surface area contributed by atoms with Gasteiger partial charge in [-0.15, -0.1) is 0 Å². The highest BCUT2D eigenvalue weighted by Gasteiger charge is 2.29. The summed E-state index contributed by atoms with van der Waals surface area (Å²) < 4.78 is 12.4. The fourth-order valence-electron chi connectivity index (χ4n) is 2.45. The molecule has 16 heavy (non-hydrogen) atoms. The summed E-state index contributed by atoms with van der Waals surface area (Å²) in [6.07, 6.45) is 4.63. The molecule has 1 aromatic rings. The van der Waals surface area contributed by atoms with Crippen molar-refractivity contribution in [3.05, 3.63) is 30.3 Å². The average Bonchev–Trinajstić information content (AvgIpc) is 2.39. The van der Waals surface area contributed by atoms with Gasteiger partial charge in [0.25, 0.3) is 0 Å². The SMILES string of the molecule is NCC1CCCCC1S(=O)c1ccccc1. The molecule has 0 spiro atoms. The zero-order chi connectivity index (χ0) is 11.4. The van der Waals surface area contributed by atoms with Crippen molar-refractivity contribution in [2.75, 3.05) is 6.54 Å². The summed E-state index contributed by atoms with van der Waals surface area (Å²) in [7, 11) is -0.880. The molecule has 1 fully saturated rings. The summed E-state index contributed by atoms with van der Waals surface area (Å²) in [6.45, 7) is 0.670. The predicted molar refractivity (Wildman–Crippen MR) is 67.7 cm³/mol. The van der Waals surface area contributed by atoms with Gasteiger partial charge in [0.15, 0.2) is 0 Å². The molecule has 1 saturated carbocycles. The third kappa shape index (κ3) is 2.53. The molecule has 0 aromatic heterocycles. The molecule has 1 aliphatic rings. The second-order valence-electron chi connectivity index (χ2n) is 4.43. The zero-order valence-corrected chi connectivity index (χ0v) is 10.3. The maximum atomic E-state index is 12.4. The van der Waals surface area contributed by atoms with Crippen LogP contribution in [0, 0.1) is 5.92 Å². The van der Waals surface area contributed by atoms with Gasteiger partial charge in [0.1, 0.15) is 0 Å². The van der Waals surface area contributed by atoms with E-state index in [1.807, 2.05) is 30.3 Å². The van der Waals surface area contributed by atoms with E-state index in [-0.39, 0.29) is 5.25 Å². The van der Waals surface area contributed by atoms with Crippen LogP contribution in [0.5, 0.6) is 0 Å². The van der Waals surface area contributed by atoms with Gasteiger partial charge in [-0.05, 0) is 37.4 Å². The van der Waals surface area contributed by atoms with Crippen molar-refractivity contribution in [1.82, 2.24) is 0 Å². The number of benzene rings is 1. The molecule has 0 heterocycles. The lowest BCUT2D eigenvalue weighted by atomic mass is 9.89. The lowest BCUT2D eigenvalue weighted by molar-refractivity contribution is 0.372. The Morgan fingerprint density at radius 1 is 1.19 bits per heavy atom. The second-order valence-corrected chi connectivity index (χ2v) is 6.10. The lowest BCUT2D eigenvalue weighted by Crippen LogP contribution is -2.34. The van der Waals surface area contributed by atoms with Crippen LogP contribution in [0.15, 0.2) is 35.2 Å². The molecule has 0 saturated heterocycles. The Balaban J connectivity index is 2.14. The predicted octanol–water partition coefficient (Wildman–Crippen LogP) is 2.31. The van der Waals surface area contributed by atoms with E-state index < -0.39 is 10.8 Å². The first-order valence-electron chi connectivity index (χ1n) is 5.98. The summed E-state index contributed by atoms with van der Waals surface area (Å²) in [5, 5.41) is 0.265. The first-order valence-corrected chi connectivity index (χ1v) is 7.20. The van der Waals surface area contributed by atoms with Gasteiger partial charge in [0.05, 0.1) is 10.8 Å². The van der Waals surface area contributed by atoms with E-state index in [1.165, 1.54) is 12.8 Å². The highest BCUT2D eigenvalue weighted by molar-refractivity contribution is 7.85. The molecular formula is C13H19NOS.